The molecule has 2 aromatic carbocycles. The van der Waals surface area contributed by atoms with Crippen molar-refractivity contribution < 1.29 is 19.4 Å². The molecule has 1 heterocycles. The van der Waals surface area contributed by atoms with Gasteiger partial charge in [-0.05, 0) is 75.8 Å². The number of piperidine rings is 1. The monoisotopic (exact) mass is 464 g/mol. The Bertz CT molecular complexity index is 1020. The average molecular weight is 465 g/mol. The van der Waals surface area contributed by atoms with E-state index in [-0.39, 0.29) is 29.7 Å². The van der Waals surface area contributed by atoms with Crippen molar-refractivity contribution in [1.82, 2.24) is 5.32 Å². The van der Waals surface area contributed by atoms with Gasteiger partial charge in [0, 0.05) is 18.8 Å². The van der Waals surface area contributed by atoms with Gasteiger partial charge in [-0.3, -0.25) is 4.79 Å². The number of amides is 1. The van der Waals surface area contributed by atoms with E-state index in [0.29, 0.717) is 13.0 Å². The molecule has 34 heavy (non-hydrogen) atoms. The number of hydrogen-bond donors (Lipinski definition) is 2. The quantitative estimate of drug-likeness (QED) is 0.452. The number of carboxylic acids is 1. The molecule has 1 saturated heterocycles. The van der Waals surface area contributed by atoms with Crippen LogP contribution in [0.5, 0.6) is 5.75 Å². The summed E-state index contributed by atoms with van der Waals surface area (Å²) in [6, 6.07) is 13.0. The second-order valence-corrected chi connectivity index (χ2v) is 8.99. The van der Waals surface area contributed by atoms with E-state index in [1.165, 1.54) is 36.6 Å². The molecule has 1 unspecified atom stereocenters. The standard InChI is InChI=1S/C28H36N2O4/c1-4-34-26-18-21(13-14-23(26)28(32)33)19-27(31)29-24(15-12-20(2)3)22-10-6-7-11-25(22)30-16-8-5-9-17-30/h6-7,10-14,18,24H,4-5,8-9,15-17,19H2,1-3H3,(H,29,31)(H,32,33). The van der Waals surface area contributed by atoms with Crippen LogP contribution >= 0.6 is 0 Å². The van der Waals surface area contributed by atoms with Crippen LogP contribution in [0.25, 0.3) is 0 Å². The molecule has 0 aliphatic carbocycles. The molecule has 182 valence electrons. The molecule has 1 fully saturated rings. The topological polar surface area (TPSA) is 78.9 Å². The molecule has 0 saturated carbocycles. The Hall–Kier alpha value is -3.28. The van der Waals surface area contributed by atoms with Gasteiger partial charge in [0.2, 0.25) is 5.91 Å². The van der Waals surface area contributed by atoms with Gasteiger partial charge in [-0.25, -0.2) is 4.79 Å². The Balaban J connectivity index is 1.82. The highest BCUT2D eigenvalue weighted by Gasteiger charge is 2.21. The zero-order valence-electron chi connectivity index (χ0n) is 20.5. The Labute approximate surface area is 202 Å². The minimum atomic E-state index is -1.05. The van der Waals surface area contributed by atoms with Crippen molar-refractivity contribution in [3.63, 3.8) is 0 Å². The summed E-state index contributed by atoms with van der Waals surface area (Å²) in [5, 5.41) is 12.6. The normalized spacial score (nSPS) is 14.3. The van der Waals surface area contributed by atoms with Crippen LogP contribution in [0.2, 0.25) is 0 Å². The van der Waals surface area contributed by atoms with E-state index in [9.17, 15) is 14.7 Å². The van der Waals surface area contributed by atoms with E-state index in [4.69, 9.17) is 4.74 Å². The summed E-state index contributed by atoms with van der Waals surface area (Å²) in [5.74, 6) is -0.862. The van der Waals surface area contributed by atoms with Gasteiger partial charge in [0.05, 0.1) is 19.1 Å². The molecule has 1 atom stereocenters. The molecule has 0 spiro atoms. The molecule has 1 aliphatic rings. The maximum Gasteiger partial charge on any atom is 0.339 e. The molecule has 3 rings (SSSR count). The highest BCUT2D eigenvalue weighted by molar-refractivity contribution is 5.91. The predicted octanol–water partition coefficient (Wildman–Crippen LogP) is 5.53. The number of aromatic carboxylic acids is 1. The molecule has 0 bridgehead atoms. The summed E-state index contributed by atoms with van der Waals surface area (Å²) in [6.45, 7) is 8.36. The predicted molar refractivity (Wildman–Crippen MR) is 136 cm³/mol. The molecule has 0 aromatic heterocycles. The van der Waals surface area contributed by atoms with Crippen LogP contribution in [0.1, 0.15) is 74.0 Å². The SMILES string of the molecule is CCOc1cc(CC(=O)NC(CC=C(C)C)c2ccccc2N2CCCCC2)ccc1C(=O)O. The van der Waals surface area contributed by atoms with Crippen molar-refractivity contribution in [1.29, 1.82) is 0 Å². The summed E-state index contributed by atoms with van der Waals surface area (Å²) in [4.78, 5) is 27.0. The summed E-state index contributed by atoms with van der Waals surface area (Å²) in [7, 11) is 0. The number of benzene rings is 2. The molecule has 2 N–H and O–H groups in total. The fourth-order valence-electron chi connectivity index (χ4n) is 4.38. The van der Waals surface area contributed by atoms with Gasteiger partial charge >= 0.3 is 5.97 Å². The smallest absolute Gasteiger partial charge is 0.339 e. The molecule has 2 aromatic rings. The Morgan fingerprint density at radius 2 is 1.85 bits per heavy atom. The molecular formula is C28H36N2O4. The van der Waals surface area contributed by atoms with Crippen molar-refractivity contribution in [3.8, 4) is 5.75 Å². The first-order valence-electron chi connectivity index (χ1n) is 12.1. The zero-order chi connectivity index (χ0) is 24.5. The molecular weight excluding hydrogens is 428 g/mol. The largest absolute Gasteiger partial charge is 0.493 e. The van der Waals surface area contributed by atoms with E-state index in [1.54, 1.807) is 19.1 Å². The van der Waals surface area contributed by atoms with Gasteiger partial charge < -0.3 is 20.1 Å². The first kappa shape index (κ1) is 25.3. The second-order valence-electron chi connectivity index (χ2n) is 8.99. The number of anilines is 1. The minimum absolute atomic E-state index is 0.0999. The van der Waals surface area contributed by atoms with Crippen molar-refractivity contribution >= 4 is 17.6 Å². The first-order chi connectivity index (χ1) is 16.4. The highest BCUT2D eigenvalue weighted by Crippen LogP contribution is 2.31. The Kier molecular flexibility index (Phi) is 9.14. The van der Waals surface area contributed by atoms with E-state index in [2.05, 4.69) is 48.3 Å². The summed E-state index contributed by atoms with van der Waals surface area (Å²) in [5.41, 5.74) is 4.35. The third kappa shape index (κ3) is 6.86. The summed E-state index contributed by atoms with van der Waals surface area (Å²) in [6.07, 6.45) is 6.66. The fraction of sp³-hybridized carbons (Fsp3) is 0.429. The molecule has 6 heteroatoms. The van der Waals surface area contributed by atoms with Crippen LogP contribution in [0.3, 0.4) is 0 Å². The number of allylic oxidation sites excluding steroid dienone is 1. The van der Waals surface area contributed by atoms with Crippen LogP contribution in [0, 0.1) is 0 Å². The Morgan fingerprint density at radius 1 is 1.12 bits per heavy atom. The number of carboxylic acid groups (broad SMARTS) is 1. The van der Waals surface area contributed by atoms with Gasteiger partial charge in [0.1, 0.15) is 11.3 Å². The van der Waals surface area contributed by atoms with Crippen LogP contribution in [0.15, 0.2) is 54.1 Å². The van der Waals surface area contributed by atoms with Crippen molar-refractivity contribution in [3.05, 3.63) is 70.8 Å². The Morgan fingerprint density at radius 3 is 2.53 bits per heavy atom. The zero-order valence-corrected chi connectivity index (χ0v) is 20.5. The number of para-hydroxylation sites is 1. The van der Waals surface area contributed by atoms with Crippen LogP contribution in [-0.2, 0) is 11.2 Å². The minimum Gasteiger partial charge on any atom is -0.493 e. The fourth-order valence-corrected chi connectivity index (χ4v) is 4.38. The second kappa shape index (κ2) is 12.3. The number of hydrogen-bond acceptors (Lipinski definition) is 4. The molecule has 0 radical (unpaired) electrons. The van der Waals surface area contributed by atoms with Gasteiger partial charge in [-0.15, -0.1) is 0 Å². The van der Waals surface area contributed by atoms with Gasteiger partial charge in [0.25, 0.3) is 0 Å². The lowest BCUT2D eigenvalue weighted by Gasteiger charge is -2.32. The lowest BCUT2D eigenvalue weighted by atomic mass is 9.98. The lowest BCUT2D eigenvalue weighted by molar-refractivity contribution is -0.121. The van der Waals surface area contributed by atoms with Crippen LogP contribution < -0.4 is 15.0 Å². The van der Waals surface area contributed by atoms with Crippen LogP contribution in [-0.4, -0.2) is 36.7 Å². The number of rotatable bonds is 10. The van der Waals surface area contributed by atoms with E-state index < -0.39 is 5.97 Å². The summed E-state index contributed by atoms with van der Waals surface area (Å²) < 4.78 is 5.49. The van der Waals surface area contributed by atoms with E-state index in [0.717, 1.165) is 24.2 Å². The van der Waals surface area contributed by atoms with Crippen molar-refractivity contribution in [2.45, 2.75) is 58.9 Å². The molecule has 1 amide bonds. The van der Waals surface area contributed by atoms with Gasteiger partial charge in [0.15, 0.2) is 0 Å². The maximum atomic E-state index is 13.1. The van der Waals surface area contributed by atoms with E-state index >= 15 is 0 Å². The highest BCUT2D eigenvalue weighted by atomic mass is 16.5. The molecule has 1 aliphatic heterocycles. The number of nitrogens with zero attached hydrogens (tertiary/aromatic N) is 1. The average Bonchev–Trinajstić information content (AvgIpc) is 2.82. The van der Waals surface area contributed by atoms with Crippen LogP contribution in [0.4, 0.5) is 5.69 Å². The van der Waals surface area contributed by atoms with Crippen molar-refractivity contribution in [2.24, 2.45) is 0 Å². The number of nitrogens with one attached hydrogen (secondary N) is 1. The third-order valence-electron chi connectivity index (χ3n) is 6.05. The first-order valence-corrected chi connectivity index (χ1v) is 12.1. The molecule has 6 nitrogen and oxygen atoms in total. The number of ether oxygens (including phenoxy) is 1. The van der Waals surface area contributed by atoms with Gasteiger partial charge in [-0.2, -0.15) is 0 Å². The number of carbonyl (C=O) groups excluding carboxylic acids is 1. The van der Waals surface area contributed by atoms with E-state index in [1.807, 2.05) is 6.07 Å². The summed E-state index contributed by atoms with van der Waals surface area (Å²) >= 11 is 0. The third-order valence-corrected chi connectivity index (χ3v) is 6.05. The number of carbonyl (C=O) groups is 2. The van der Waals surface area contributed by atoms with Gasteiger partial charge in [-0.1, -0.05) is 35.9 Å². The maximum absolute atomic E-state index is 13.1. The lowest BCUT2D eigenvalue weighted by Crippen LogP contribution is -2.34. The van der Waals surface area contributed by atoms with Crippen molar-refractivity contribution in [2.75, 3.05) is 24.6 Å².